The highest BCUT2D eigenvalue weighted by Crippen LogP contribution is 2.40. The molecule has 0 bridgehead atoms. The summed E-state index contributed by atoms with van der Waals surface area (Å²) in [5, 5.41) is 11.7. The van der Waals surface area contributed by atoms with Crippen LogP contribution in [0.4, 0.5) is 5.69 Å². The molecule has 0 aliphatic heterocycles. The van der Waals surface area contributed by atoms with Gasteiger partial charge in [-0.1, -0.05) is 18.1 Å². The molecule has 2 aromatic carbocycles. The normalized spacial score (nSPS) is 9.96. The first-order chi connectivity index (χ1) is 13.5. The van der Waals surface area contributed by atoms with E-state index in [1.54, 1.807) is 31.2 Å². The van der Waals surface area contributed by atoms with Crippen LogP contribution >= 0.6 is 0 Å². The number of carboxylic acid groups (broad SMARTS) is 1. The van der Waals surface area contributed by atoms with Crippen LogP contribution in [-0.2, 0) is 4.79 Å². The van der Waals surface area contributed by atoms with E-state index in [0.29, 0.717) is 22.8 Å². The monoisotopic (exact) mass is 381 g/mol. The molecule has 0 aromatic heterocycles. The quantitative estimate of drug-likeness (QED) is 0.564. The third-order valence-corrected chi connectivity index (χ3v) is 3.62. The number of aromatic carboxylic acids is 1. The number of para-hydroxylation sites is 1. The first-order valence-electron chi connectivity index (χ1n) is 8.16. The van der Waals surface area contributed by atoms with Crippen molar-refractivity contribution in [1.29, 1.82) is 0 Å². The summed E-state index contributed by atoms with van der Waals surface area (Å²) in [6, 6.07) is 9.49. The third kappa shape index (κ3) is 4.83. The molecule has 7 heteroatoms. The van der Waals surface area contributed by atoms with Crippen molar-refractivity contribution in [3.05, 3.63) is 53.6 Å². The summed E-state index contributed by atoms with van der Waals surface area (Å²) in [5.41, 5.74) is 0.727. The van der Waals surface area contributed by atoms with Crippen LogP contribution in [0.1, 0.15) is 22.8 Å². The molecule has 1 amide bonds. The van der Waals surface area contributed by atoms with Gasteiger partial charge in [0.15, 0.2) is 11.5 Å². The van der Waals surface area contributed by atoms with Crippen LogP contribution in [-0.4, -0.2) is 31.2 Å². The van der Waals surface area contributed by atoms with Crippen molar-refractivity contribution < 1.29 is 28.9 Å². The molecule has 0 radical (unpaired) electrons. The first kappa shape index (κ1) is 20.4. The second kappa shape index (κ2) is 9.69. The number of anilines is 1. The van der Waals surface area contributed by atoms with Crippen molar-refractivity contribution in [2.45, 2.75) is 6.92 Å². The number of ether oxygens (including phenoxy) is 3. The smallest absolute Gasteiger partial charge is 0.337 e. The third-order valence-electron chi connectivity index (χ3n) is 3.62. The van der Waals surface area contributed by atoms with E-state index in [-0.39, 0.29) is 11.3 Å². The van der Waals surface area contributed by atoms with Gasteiger partial charge in [0.05, 0.1) is 25.5 Å². The summed E-state index contributed by atoms with van der Waals surface area (Å²) in [6.45, 7) is 1.62. The average Bonchev–Trinajstić information content (AvgIpc) is 2.70. The van der Waals surface area contributed by atoms with Crippen LogP contribution in [0, 0.1) is 12.0 Å². The number of nitrogens with one attached hydrogen (secondary N) is 1. The molecule has 0 spiro atoms. The number of carboxylic acids is 1. The first-order valence-corrected chi connectivity index (χ1v) is 8.16. The van der Waals surface area contributed by atoms with Crippen LogP contribution in [0.25, 0.3) is 6.08 Å². The van der Waals surface area contributed by atoms with Crippen molar-refractivity contribution in [2.75, 3.05) is 19.5 Å². The van der Waals surface area contributed by atoms with E-state index in [0.717, 1.165) is 0 Å². The topological polar surface area (TPSA) is 94.1 Å². The summed E-state index contributed by atoms with van der Waals surface area (Å²) in [5.74, 6) is 2.07. The number of rotatable bonds is 7. The van der Waals surface area contributed by atoms with Gasteiger partial charge in [-0.25, -0.2) is 4.79 Å². The molecular formula is C21H19NO6. The molecule has 0 saturated carbocycles. The van der Waals surface area contributed by atoms with E-state index >= 15 is 0 Å². The largest absolute Gasteiger partial charge is 0.493 e. The highest BCUT2D eigenvalue weighted by Gasteiger charge is 2.16. The van der Waals surface area contributed by atoms with E-state index in [4.69, 9.17) is 14.2 Å². The lowest BCUT2D eigenvalue weighted by Crippen LogP contribution is -2.11. The number of hydrogen-bond acceptors (Lipinski definition) is 5. The van der Waals surface area contributed by atoms with E-state index in [9.17, 15) is 14.7 Å². The molecule has 0 aliphatic carbocycles. The Morgan fingerprint density at radius 3 is 2.46 bits per heavy atom. The Morgan fingerprint density at radius 1 is 1.07 bits per heavy atom. The highest BCUT2D eigenvalue weighted by molar-refractivity contribution is 6.06. The van der Waals surface area contributed by atoms with E-state index in [1.165, 1.54) is 38.5 Å². The second-order valence-corrected chi connectivity index (χ2v) is 5.35. The van der Waals surface area contributed by atoms with Crippen LogP contribution in [0.3, 0.4) is 0 Å². The molecule has 0 saturated heterocycles. The molecule has 2 aromatic rings. The summed E-state index contributed by atoms with van der Waals surface area (Å²) in [7, 11) is 2.96. The zero-order valence-corrected chi connectivity index (χ0v) is 15.6. The highest BCUT2D eigenvalue weighted by atomic mass is 16.5. The maximum absolute atomic E-state index is 12.2. The molecule has 0 heterocycles. The lowest BCUT2D eigenvalue weighted by Gasteiger charge is -2.13. The van der Waals surface area contributed by atoms with Gasteiger partial charge >= 0.3 is 5.97 Å². The van der Waals surface area contributed by atoms with Crippen LogP contribution in [0.2, 0.25) is 0 Å². The fraction of sp³-hybridized carbons (Fsp3) is 0.143. The molecular weight excluding hydrogens is 362 g/mol. The molecule has 2 N–H and O–H groups in total. The number of amides is 1. The van der Waals surface area contributed by atoms with Gasteiger partial charge in [0.1, 0.15) is 6.11 Å². The standard InChI is InChI=1S/C21H19NO6/c1-4-13-28-19-14(9-11-17(26-2)20(19)27-3)10-12-18(23)22-16-8-6-5-7-15(16)21(24)25/h5-12H,1-3H3,(H,22,23)(H,24,25)/b12-10+. The lowest BCUT2D eigenvalue weighted by atomic mass is 10.1. The maximum atomic E-state index is 12.2. The fourth-order valence-electron chi connectivity index (χ4n) is 2.37. The van der Waals surface area contributed by atoms with Gasteiger partial charge in [0.25, 0.3) is 0 Å². The summed E-state index contributed by atoms with van der Waals surface area (Å²) < 4.78 is 16.0. The Hall–Kier alpha value is -3.92. The number of methoxy groups -OCH3 is 2. The molecule has 0 atom stereocenters. The van der Waals surface area contributed by atoms with Crippen molar-refractivity contribution in [3.8, 4) is 29.3 Å². The maximum Gasteiger partial charge on any atom is 0.337 e. The van der Waals surface area contributed by atoms with E-state index in [2.05, 4.69) is 17.3 Å². The van der Waals surface area contributed by atoms with Gasteiger partial charge in [-0.15, -0.1) is 0 Å². The Labute approximate surface area is 162 Å². The van der Waals surface area contributed by atoms with Crippen molar-refractivity contribution in [1.82, 2.24) is 0 Å². The Bertz CT molecular complexity index is 969. The minimum atomic E-state index is -1.13. The molecule has 28 heavy (non-hydrogen) atoms. The number of carbonyl (C=O) groups is 2. The minimum Gasteiger partial charge on any atom is -0.493 e. The van der Waals surface area contributed by atoms with Crippen molar-refractivity contribution in [2.24, 2.45) is 0 Å². The lowest BCUT2D eigenvalue weighted by molar-refractivity contribution is -0.111. The summed E-state index contributed by atoms with van der Waals surface area (Å²) in [4.78, 5) is 23.5. The molecule has 2 rings (SSSR count). The van der Waals surface area contributed by atoms with Gasteiger partial charge in [0, 0.05) is 18.6 Å². The molecule has 0 fully saturated rings. The van der Waals surface area contributed by atoms with Gasteiger partial charge in [-0.3, -0.25) is 4.79 Å². The second-order valence-electron chi connectivity index (χ2n) is 5.35. The molecule has 144 valence electrons. The minimum absolute atomic E-state index is 0.00221. The zero-order chi connectivity index (χ0) is 20.5. The van der Waals surface area contributed by atoms with Gasteiger partial charge in [-0.05, 0) is 30.3 Å². The fourth-order valence-corrected chi connectivity index (χ4v) is 2.37. The van der Waals surface area contributed by atoms with Crippen molar-refractivity contribution >= 4 is 23.6 Å². The van der Waals surface area contributed by atoms with Crippen LogP contribution in [0.5, 0.6) is 17.2 Å². The predicted octanol–water partition coefficient (Wildman–Crippen LogP) is 3.41. The number of hydrogen-bond donors (Lipinski definition) is 2. The van der Waals surface area contributed by atoms with Gasteiger partial charge in [0.2, 0.25) is 11.7 Å². The van der Waals surface area contributed by atoms with Crippen molar-refractivity contribution in [3.63, 3.8) is 0 Å². The zero-order valence-electron chi connectivity index (χ0n) is 15.6. The molecule has 7 nitrogen and oxygen atoms in total. The Kier molecular flexibility index (Phi) is 7.06. The van der Waals surface area contributed by atoms with Crippen LogP contribution < -0.4 is 19.5 Å². The number of benzene rings is 2. The number of carbonyl (C=O) groups excluding carboxylic acids is 1. The predicted molar refractivity (Wildman–Crippen MR) is 105 cm³/mol. The van der Waals surface area contributed by atoms with Crippen LogP contribution in [0.15, 0.2) is 42.5 Å². The molecule has 0 unspecified atom stereocenters. The average molecular weight is 381 g/mol. The van der Waals surface area contributed by atoms with E-state index in [1.807, 2.05) is 0 Å². The SMILES string of the molecule is CC#COc1c(/C=C/C(=O)Nc2ccccc2C(=O)O)ccc(OC)c1OC. The van der Waals surface area contributed by atoms with E-state index < -0.39 is 11.9 Å². The summed E-state index contributed by atoms with van der Waals surface area (Å²) >= 11 is 0. The van der Waals surface area contributed by atoms with Gasteiger partial charge in [-0.2, -0.15) is 0 Å². The Balaban J connectivity index is 2.31. The van der Waals surface area contributed by atoms with Gasteiger partial charge < -0.3 is 24.6 Å². The molecule has 0 aliphatic rings. The Morgan fingerprint density at radius 2 is 1.82 bits per heavy atom. The summed E-state index contributed by atoms with van der Waals surface area (Å²) in [6.07, 6.45) is 5.26.